The molecule has 3 aromatic heterocycles. The fraction of sp³-hybridized carbons (Fsp3) is 0. The molecule has 0 N–H and O–H groups in total. The topological polar surface area (TPSA) is 31.2 Å². The van der Waals surface area contributed by atoms with Crippen molar-refractivity contribution in [1.82, 2.24) is 4.57 Å². The molecule has 0 atom stereocenters. The number of furan rings is 2. The molecule has 0 aliphatic carbocycles. The number of benzene rings is 7. The third kappa shape index (κ3) is 3.25. The Balaban J connectivity index is 1.17. The fourth-order valence-corrected chi connectivity index (χ4v) is 6.91. The highest BCUT2D eigenvalue weighted by molar-refractivity contribution is 6.18. The Bertz CT molecular complexity index is 2720. The van der Waals surface area contributed by atoms with E-state index in [0.29, 0.717) is 0 Å². The van der Waals surface area contributed by atoms with E-state index >= 15 is 0 Å². The molecular weight excluding hydrogens is 526 g/mol. The molecule has 0 saturated heterocycles. The van der Waals surface area contributed by atoms with Crippen LogP contribution in [0.4, 0.5) is 0 Å². The van der Waals surface area contributed by atoms with Gasteiger partial charge in [-0.3, -0.25) is 0 Å². The molecule has 10 aromatic rings. The summed E-state index contributed by atoms with van der Waals surface area (Å²) in [5, 5.41) is 9.37. The molecule has 7 aromatic carbocycles. The van der Waals surface area contributed by atoms with Gasteiger partial charge in [-0.2, -0.15) is 0 Å². The van der Waals surface area contributed by atoms with Gasteiger partial charge in [-0.25, -0.2) is 0 Å². The van der Waals surface area contributed by atoms with Gasteiger partial charge in [-0.05, 0) is 82.6 Å². The molecule has 43 heavy (non-hydrogen) atoms. The first-order chi connectivity index (χ1) is 21.3. The molecule has 10 rings (SSSR count). The first-order valence-electron chi connectivity index (χ1n) is 14.6. The summed E-state index contributed by atoms with van der Waals surface area (Å²) in [6, 6.07) is 49.6. The Morgan fingerprint density at radius 1 is 0.349 bits per heavy atom. The predicted molar refractivity (Wildman–Crippen MR) is 178 cm³/mol. The maximum atomic E-state index is 6.43. The van der Waals surface area contributed by atoms with Crippen LogP contribution in [0.5, 0.6) is 0 Å². The van der Waals surface area contributed by atoms with Crippen LogP contribution >= 0.6 is 0 Å². The van der Waals surface area contributed by atoms with Crippen LogP contribution in [0.1, 0.15) is 0 Å². The molecule has 3 heteroatoms. The van der Waals surface area contributed by atoms with Crippen LogP contribution < -0.4 is 0 Å². The number of fused-ring (bicyclic) bond motifs is 10. The van der Waals surface area contributed by atoms with E-state index in [1.165, 1.54) is 43.7 Å². The van der Waals surface area contributed by atoms with Crippen molar-refractivity contribution in [3.63, 3.8) is 0 Å². The van der Waals surface area contributed by atoms with Gasteiger partial charge < -0.3 is 13.4 Å². The molecule has 200 valence electrons. The number of nitrogens with zero attached hydrogens (tertiary/aromatic N) is 1. The van der Waals surface area contributed by atoms with Gasteiger partial charge in [0.25, 0.3) is 0 Å². The van der Waals surface area contributed by atoms with Gasteiger partial charge in [-0.15, -0.1) is 0 Å². The van der Waals surface area contributed by atoms with Gasteiger partial charge >= 0.3 is 0 Å². The molecule has 0 saturated carbocycles. The summed E-state index contributed by atoms with van der Waals surface area (Å²) in [6.45, 7) is 0. The van der Waals surface area contributed by atoms with Gasteiger partial charge in [0.1, 0.15) is 22.3 Å². The van der Waals surface area contributed by atoms with Crippen LogP contribution in [0.3, 0.4) is 0 Å². The van der Waals surface area contributed by atoms with E-state index in [0.717, 1.165) is 49.6 Å². The first-order valence-corrected chi connectivity index (χ1v) is 14.6. The minimum Gasteiger partial charge on any atom is -0.456 e. The quantitative estimate of drug-likeness (QED) is 0.215. The minimum absolute atomic E-state index is 0.915. The van der Waals surface area contributed by atoms with E-state index in [2.05, 4.69) is 132 Å². The van der Waals surface area contributed by atoms with Crippen LogP contribution in [0.15, 0.2) is 148 Å². The molecule has 3 nitrogen and oxygen atoms in total. The van der Waals surface area contributed by atoms with Crippen LogP contribution in [0, 0.1) is 0 Å². The molecule has 0 spiro atoms. The third-order valence-electron chi connectivity index (χ3n) is 8.97. The van der Waals surface area contributed by atoms with Gasteiger partial charge in [0.2, 0.25) is 0 Å². The van der Waals surface area contributed by atoms with Crippen molar-refractivity contribution in [2.24, 2.45) is 0 Å². The Labute approximate surface area is 245 Å². The van der Waals surface area contributed by atoms with Crippen molar-refractivity contribution < 1.29 is 8.83 Å². The third-order valence-corrected chi connectivity index (χ3v) is 8.97. The molecule has 0 radical (unpaired) electrons. The minimum atomic E-state index is 0.915. The van der Waals surface area contributed by atoms with Crippen molar-refractivity contribution in [3.8, 4) is 16.8 Å². The lowest BCUT2D eigenvalue weighted by Gasteiger charge is -2.10. The van der Waals surface area contributed by atoms with Crippen molar-refractivity contribution in [2.75, 3.05) is 0 Å². The summed E-state index contributed by atoms with van der Waals surface area (Å²) in [7, 11) is 0. The van der Waals surface area contributed by atoms with Crippen LogP contribution in [-0.2, 0) is 0 Å². The lowest BCUT2D eigenvalue weighted by molar-refractivity contribution is 0.669. The van der Waals surface area contributed by atoms with Crippen molar-refractivity contribution in [3.05, 3.63) is 140 Å². The lowest BCUT2D eigenvalue weighted by Crippen LogP contribution is -1.93. The monoisotopic (exact) mass is 549 g/mol. The molecule has 0 amide bonds. The molecule has 0 aliphatic rings. The number of hydrogen-bond acceptors (Lipinski definition) is 2. The van der Waals surface area contributed by atoms with Crippen LogP contribution in [0.25, 0.3) is 93.3 Å². The summed E-state index contributed by atoms with van der Waals surface area (Å²) in [5.74, 6) is 0. The number of para-hydroxylation sites is 2. The summed E-state index contributed by atoms with van der Waals surface area (Å²) in [6.07, 6.45) is 0. The second kappa shape index (κ2) is 8.37. The Hall–Kier alpha value is -5.80. The van der Waals surface area contributed by atoms with Gasteiger partial charge in [0.15, 0.2) is 0 Å². The summed E-state index contributed by atoms with van der Waals surface area (Å²) in [5.41, 5.74) is 9.49. The molecule has 0 aliphatic heterocycles. The highest BCUT2D eigenvalue weighted by atomic mass is 16.3. The largest absolute Gasteiger partial charge is 0.456 e. The highest BCUT2D eigenvalue weighted by Crippen LogP contribution is 2.40. The SMILES string of the molecule is c1ccc2cc3c(cc2c1)oc1cc2c4ccccc4n(-c4ccc(-c5ccc6oc7ccccc7c6c5)cc4)c2cc13. The maximum Gasteiger partial charge on any atom is 0.136 e. The summed E-state index contributed by atoms with van der Waals surface area (Å²) >= 11 is 0. The number of rotatable bonds is 2. The zero-order valence-electron chi connectivity index (χ0n) is 23.0. The zero-order chi connectivity index (χ0) is 28.1. The molecule has 0 bridgehead atoms. The van der Waals surface area contributed by atoms with Crippen molar-refractivity contribution in [1.29, 1.82) is 0 Å². The van der Waals surface area contributed by atoms with E-state index in [1.54, 1.807) is 0 Å². The van der Waals surface area contributed by atoms with E-state index in [1.807, 2.05) is 12.1 Å². The zero-order valence-corrected chi connectivity index (χ0v) is 23.0. The van der Waals surface area contributed by atoms with Gasteiger partial charge in [0.05, 0.1) is 11.0 Å². The predicted octanol–water partition coefficient (Wildman–Crippen LogP) is 11.4. The highest BCUT2D eigenvalue weighted by Gasteiger charge is 2.17. The average Bonchev–Trinajstić information content (AvgIpc) is 3.71. The lowest BCUT2D eigenvalue weighted by atomic mass is 10.0. The molecule has 3 heterocycles. The van der Waals surface area contributed by atoms with Gasteiger partial charge in [-0.1, -0.05) is 78.9 Å². The second-order valence-corrected chi connectivity index (χ2v) is 11.4. The van der Waals surface area contributed by atoms with Crippen molar-refractivity contribution in [2.45, 2.75) is 0 Å². The van der Waals surface area contributed by atoms with E-state index in [9.17, 15) is 0 Å². The smallest absolute Gasteiger partial charge is 0.136 e. The molecular formula is C40H23NO2. The molecule has 0 unspecified atom stereocenters. The van der Waals surface area contributed by atoms with Crippen molar-refractivity contribution >= 4 is 76.5 Å². The summed E-state index contributed by atoms with van der Waals surface area (Å²) < 4.78 is 14.9. The Morgan fingerprint density at radius 2 is 0.977 bits per heavy atom. The second-order valence-electron chi connectivity index (χ2n) is 11.4. The Kier molecular flexibility index (Phi) is 4.45. The number of aromatic nitrogens is 1. The van der Waals surface area contributed by atoms with E-state index in [4.69, 9.17) is 8.83 Å². The first kappa shape index (κ1) is 22.8. The normalized spacial score (nSPS) is 12.2. The fourth-order valence-electron chi connectivity index (χ4n) is 6.91. The Morgan fingerprint density at radius 3 is 1.86 bits per heavy atom. The maximum absolute atomic E-state index is 6.43. The van der Waals surface area contributed by atoms with Crippen LogP contribution in [0.2, 0.25) is 0 Å². The molecule has 0 fully saturated rings. The summed E-state index contributed by atoms with van der Waals surface area (Å²) in [4.78, 5) is 0. The number of hydrogen-bond donors (Lipinski definition) is 0. The standard InChI is InChI=1S/C40H23NO2/c1-2-8-26-21-39-33(19-25(26)7-1)34-22-36-31(23-40(34)43-39)29-9-3-5-11-35(29)41(36)28-16-13-24(14-17-28)27-15-18-38-32(20-27)30-10-4-6-12-37(30)42-38/h1-23H. The average molecular weight is 550 g/mol. The van der Waals surface area contributed by atoms with Crippen LogP contribution in [-0.4, -0.2) is 4.57 Å². The van der Waals surface area contributed by atoms with E-state index < -0.39 is 0 Å². The van der Waals surface area contributed by atoms with Gasteiger partial charge in [0, 0.05) is 38.0 Å². The van der Waals surface area contributed by atoms with E-state index in [-0.39, 0.29) is 0 Å².